The first kappa shape index (κ1) is 14.3. The van der Waals surface area contributed by atoms with Crippen molar-refractivity contribution in [2.75, 3.05) is 6.54 Å². The van der Waals surface area contributed by atoms with Gasteiger partial charge in [-0.05, 0) is 49.1 Å². The molecule has 0 saturated heterocycles. The minimum atomic E-state index is -0.552. The fourth-order valence-electron chi connectivity index (χ4n) is 2.57. The van der Waals surface area contributed by atoms with Gasteiger partial charge in [0, 0.05) is 12.6 Å². The zero-order valence-corrected chi connectivity index (χ0v) is 11.9. The Labute approximate surface area is 124 Å². The van der Waals surface area contributed by atoms with E-state index in [9.17, 15) is 9.50 Å². The van der Waals surface area contributed by atoms with Crippen LogP contribution in [-0.2, 0) is 6.54 Å². The lowest BCUT2D eigenvalue weighted by molar-refractivity contribution is 0.133. The SMILES string of the molecule is OC(CCN(Cc1ccco1)C1CC1)c1ccc(F)cc1. The highest BCUT2D eigenvalue weighted by Crippen LogP contribution is 2.29. The molecule has 1 heterocycles. The average Bonchev–Trinajstić information content (AvgIpc) is 3.21. The molecule has 0 bridgehead atoms. The Balaban J connectivity index is 1.55. The van der Waals surface area contributed by atoms with Gasteiger partial charge in [0.25, 0.3) is 0 Å². The number of benzene rings is 1. The predicted octanol–water partition coefficient (Wildman–Crippen LogP) is 3.51. The second-order valence-corrected chi connectivity index (χ2v) is 5.64. The maximum Gasteiger partial charge on any atom is 0.123 e. The van der Waals surface area contributed by atoms with E-state index >= 15 is 0 Å². The number of hydrogen-bond acceptors (Lipinski definition) is 3. The maximum atomic E-state index is 12.9. The summed E-state index contributed by atoms with van der Waals surface area (Å²) in [6.07, 6.45) is 4.21. The van der Waals surface area contributed by atoms with Crippen LogP contribution in [0.5, 0.6) is 0 Å². The van der Waals surface area contributed by atoms with Gasteiger partial charge in [0.2, 0.25) is 0 Å². The van der Waals surface area contributed by atoms with Gasteiger partial charge in [-0.15, -0.1) is 0 Å². The van der Waals surface area contributed by atoms with Gasteiger partial charge in [-0.25, -0.2) is 4.39 Å². The lowest BCUT2D eigenvalue weighted by atomic mass is 10.1. The molecule has 21 heavy (non-hydrogen) atoms. The van der Waals surface area contributed by atoms with Crippen molar-refractivity contribution in [2.45, 2.75) is 38.0 Å². The summed E-state index contributed by atoms with van der Waals surface area (Å²) in [6, 6.07) is 10.6. The lowest BCUT2D eigenvalue weighted by Gasteiger charge is -2.22. The van der Waals surface area contributed by atoms with E-state index < -0.39 is 6.10 Å². The summed E-state index contributed by atoms with van der Waals surface area (Å²) in [6.45, 7) is 1.59. The van der Waals surface area contributed by atoms with Crippen LogP contribution in [0.1, 0.15) is 36.7 Å². The minimum absolute atomic E-state index is 0.275. The molecular weight excluding hydrogens is 269 g/mol. The van der Waals surface area contributed by atoms with Crippen LogP contribution in [0.2, 0.25) is 0 Å². The van der Waals surface area contributed by atoms with E-state index in [0.717, 1.165) is 24.4 Å². The van der Waals surface area contributed by atoms with Gasteiger partial charge in [-0.2, -0.15) is 0 Å². The fraction of sp³-hybridized carbons (Fsp3) is 0.412. The second-order valence-electron chi connectivity index (χ2n) is 5.64. The van der Waals surface area contributed by atoms with Crippen LogP contribution in [-0.4, -0.2) is 22.6 Å². The van der Waals surface area contributed by atoms with Crippen molar-refractivity contribution in [3.63, 3.8) is 0 Å². The Morgan fingerprint density at radius 3 is 2.62 bits per heavy atom. The molecule has 0 radical (unpaired) electrons. The van der Waals surface area contributed by atoms with E-state index in [4.69, 9.17) is 4.42 Å². The van der Waals surface area contributed by atoms with E-state index in [1.54, 1.807) is 18.4 Å². The van der Waals surface area contributed by atoms with Crippen LogP contribution in [0.25, 0.3) is 0 Å². The van der Waals surface area contributed by atoms with Gasteiger partial charge in [0.05, 0.1) is 18.9 Å². The van der Waals surface area contributed by atoms with Crippen LogP contribution < -0.4 is 0 Å². The number of aliphatic hydroxyl groups is 1. The molecule has 0 spiro atoms. The monoisotopic (exact) mass is 289 g/mol. The number of aliphatic hydroxyl groups excluding tert-OH is 1. The van der Waals surface area contributed by atoms with Crippen molar-refractivity contribution in [2.24, 2.45) is 0 Å². The summed E-state index contributed by atoms with van der Waals surface area (Å²) in [7, 11) is 0. The molecule has 4 heteroatoms. The summed E-state index contributed by atoms with van der Waals surface area (Å²) < 4.78 is 18.3. The predicted molar refractivity (Wildman–Crippen MR) is 78.1 cm³/mol. The molecule has 1 unspecified atom stereocenters. The minimum Gasteiger partial charge on any atom is -0.468 e. The molecule has 0 amide bonds. The molecule has 3 nitrogen and oxygen atoms in total. The Kier molecular flexibility index (Phi) is 4.36. The smallest absolute Gasteiger partial charge is 0.123 e. The van der Waals surface area contributed by atoms with Crippen molar-refractivity contribution in [3.05, 3.63) is 59.8 Å². The van der Waals surface area contributed by atoms with E-state index in [-0.39, 0.29) is 5.82 Å². The van der Waals surface area contributed by atoms with Crippen molar-refractivity contribution < 1.29 is 13.9 Å². The van der Waals surface area contributed by atoms with Gasteiger partial charge >= 0.3 is 0 Å². The number of furan rings is 1. The van der Waals surface area contributed by atoms with Gasteiger partial charge in [0.1, 0.15) is 11.6 Å². The van der Waals surface area contributed by atoms with E-state index in [1.807, 2.05) is 12.1 Å². The molecule has 2 aromatic rings. The first-order valence-corrected chi connectivity index (χ1v) is 7.42. The molecule has 1 saturated carbocycles. The van der Waals surface area contributed by atoms with Crippen LogP contribution in [0.3, 0.4) is 0 Å². The van der Waals surface area contributed by atoms with E-state index in [0.29, 0.717) is 12.5 Å². The Morgan fingerprint density at radius 1 is 1.24 bits per heavy atom. The van der Waals surface area contributed by atoms with Gasteiger partial charge in [-0.1, -0.05) is 12.1 Å². The van der Waals surface area contributed by atoms with Gasteiger partial charge in [0.15, 0.2) is 0 Å². The summed E-state index contributed by atoms with van der Waals surface area (Å²) in [5.74, 6) is 0.682. The highest BCUT2D eigenvalue weighted by Gasteiger charge is 2.29. The van der Waals surface area contributed by atoms with Crippen molar-refractivity contribution >= 4 is 0 Å². The van der Waals surface area contributed by atoms with E-state index in [1.165, 1.54) is 25.0 Å². The van der Waals surface area contributed by atoms with Crippen molar-refractivity contribution in [1.29, 1.82) is 0 Å². The Hall–Kier alpha value is -1.65. The second kappa shape index (κ2) is 6.41. The molecule has 1 fully saturated rings. The molecule has 1 aromatic carbocycles. The third kappa shape index (κ3) is 3.93. The van der Waals surface area contributed by atoms with Crippen LogP contribution in [0.15, 0.2) is 47.1 Å². The first-order chi connectivity index (χ1) is 10.2. The zero-order valence-electron chi connectivity index (χ0n) is 11.9. The number of hydrogen-bond donors (Lipinski definition) is 1. The number of rotatable bonds is 7. The summed E-state index contributed by atoms with van der Waals surface area (Å²) in [5.41, 5.74) is 0.769. The molecule has 1 atom stereocenters. The van der Waals surface area contributed by atoms with Crippen LogP contribution in [0, 0.1) is 5.82 Å². The fourth-order valence-corrected chi connectivity index (χ4v) is 2.57. The number of nitrogens with zero attached hydrogens (tertiary/aromatic N) is 1. The summed E-state index contributed by atoms with van der Waals surface area (Å²) in [5, 5.41) is 10.2. The van der Waals surface area contributed by atoms with Crippen molar-refractivity contribution in [1.82, 2.24) is 4.90 Å². The van der Waals surface area contributed by atoms with Gasteiger partial charge in [-0.3, -0.25) is 4.90 Å². The highest BCUT2D eigenvalue weighted by atomic mass is 19.1. The summed E-state index contributed by atoms with van der Waals surface area (Å²) in [4.78, 5) is 2.35. The van der Waals surface area contributed by atoms with Crippen LogP contribution in [0.4, 0.5) is 4.39 Å². The van der Waals surface area contributed by atoms with Crippen molar-refractivity contribution in [3.8, 4) is 0 Å². The Bertz CT molecular complexity index is 549. The quantitative estimate of drug-likeness (QED) is 0.847. The molecule has 1 aromatic heterocycles. The van der Waals surface area contributed by atoms with Crippen LogP contribution >= 0.6 is 0 Å². The molecule has 1 N–H and O–H groups in total. The summed E-state index contributed by atoms with van der Waals surface area (Å²) >= 11 is 0. The largest absolute Gasteiger partial charge is 0.468 e. The molecule has 112 valence electrons. The third-order valence-electron chi connectivity index (χ3n) is 3.95. The molecule has 1 aliphatic rings. The molecule has 3 rings (SSSR count). The molecule has 1 aliphatic carbocycles. The molecular formula is C17H20FNO2. The first-order valence-electron chi connectivity index (χ1n) is 7.42. The average molecular weight is 289 g/mol. The number of halogens is 1. The highest BCUT2D eigenvalue weighted by molar-refractivity contribution is 5.18. The normalized spacial score (nSPS) is 16.3. The van der Waals surface area contributed by atoms with E-state index in [2.05, 4.69) is 4.90 Å². The topological polar surface area (TPSA) is 36.6 Å². The Morgan fingerprint density at radius 2 is 2.00 bits per heavy atom. The standard InChI is InChI=1S/C17H20FNO2/c18-14-5-3-13(4-6-14)17(20)9-10-19(15-7-8-15)12-16-2-1-11-21-16/h1-6,11,15,17,20H,7-10,12H2. The molecule has 0 aliphatic heterocycles. The van der Waals surface area contributed by atoms with Gasteiger partial charge < -0.3 is 9.52 Å². The third-order valence-corrected chi connectivity index (χ3v) is 3.95. The lowest BCUT2D eigenvalue weighted by Crippen LogP contribution is -2.27. The maximum absolute atomic E-state index is 12.9. The zero-order chi connectivity index (χ0) is 14.7.